The summed E-state index contributed by atoms with van der Waals surface area (Å²) in [4.78, 5) is 1.96. The number of hydrogen-bond acceptors (Lipinski definition) is 5. The summed E-state index contributed by atoms with van der Waals surface area (Å²) >= 11 is 0. The van der Waals surface area contributed by atoms with Gasteiger partial charge in [-0.1, -0.05) is 13.8 Å². The summed E-state index contributed by atoms with van der Waals surface area (Å²) in [5.41, 5.74) is 6.01. The number of hydrogen-bond donors (Lipinski definition) is 3. The maximum atomic E-state index is 12.4. The second-order valence-corrected chi connectivity index (χ2v) is 7.29. The van der Waals surface area contributed by atoms with E-state index < -0.39 is 10.0 Å². The minimum absolute atomic E-state index is 0.0625. The molecule has 116 valence electrons. The van der Waals surface area contributed by atoms with Crippen molar-refractivity contribution in [1.82, 2.24) is 19.8 Å². The van der Waals surface area contributed by atoms with Crippen molar-refractivity contribution in [3.63, 3.8) is 0 Å². The summed E-state index contributed by atoms with van der Waals surface area (Å²) < 4.78 is 27.5. The molecule has 0 aliphatic heterocycles. The van der Waals surface area contributed by atoms with Crippen molar-refractivity contribution < 1.29 is 8.42 Å². The fourth-order valence-corrected chi connectivity index (χ4v) is 3.51. The Balaban J connectivity index is 2.90. The maximum absolute atomic E-state index is 12.4. The van der Waals surface area contributed by atoms with Crippen LogP contribution in [0.1, 0.15) is 25.8 Å². The van der Waals surface area contributed by atoms with Crippen LogP contribution in [0.5, 0.6) is 0 Å². The van der Waals surface area contributed by atoms with Gasteiger partial charge in [-0.3, -0.25) is 5.10 Å². The van der Waals surface area contributed by atoms with E-state index in [4.69, 9.17) is 5.73 Å². The third kappa shape index (κ3) is 4.86. The molecule has 1 aromatic heterocycles. The third-order valence-electron chi connectivity index (χ3n) is 2.83. The minimum Gasteiger partial charge on any atom is -0.326 e. The Hall–Kier alpha value is -0.960. The number of likely N-dealkylation sites (N-methyl/N-ethyl adjacent to an activating group) is 1. The van der Waals surface area contributed by atoms with Gasteiger partial charge in [0, 0.05) is 24.7 Å². The molecule has 0 saturated carbocycles. The van der Waals surface area contributed by atoms with Crippen molar-refractivity contribution in [2.75, 3.05) is 20.6 Å². The largest absolute Gasteiger partial charge is 0.326 e. The first-order valence-electron chi connectivity index (χ1n) is 6.65. The maximum Gasteiger partial charge on any atom is 0.258 e. The summed E-state index contributed by atoms with van der Waals surface area (Å²) in [5, 5.41) is 6.33. The zero-order chi connectivity index (χ0) is 15.3. The molecule has 0 aromatic carbocycles. The first-order chi connectivity index (χ1) is 9.26. The van der Waals surface area contributed by atoms with E-state index in [2.05, 4.69) is 28.8 Å². The molecule has 7 nitrogen and oxygen atoms in total. The van der Waals surface area contributed by atoms with Crippen LogP contribution in [-0.4, -0.2) is 50.2 Å². The molecule has 0 radical (unpaired) electrons. The molecular weight excluding hydrogens is 278 g/mol. The van der Waals surface area contributed by atoms with Crippen molar-refractivity contribution in [2.45, 2.75) is 37.9 Å². The van der Waals surface area contributed by atoms with E-state index in [0.29, 0.717) is 18.0 Å². The summed E-state index contributed by atoms with van der Waals surface area (Å²) in [7, 11) is 0.215. The highest BCUT2D eigenvalue weighted by atomic mass is 32.2. The summed E-state index contributed by atoms with van der Waals surface area (Å²) in [6, 6.07) is -0.149. The van der Waals surface area contributed by atoms with E-state index in [-0.39, 0.29) is 17.6 Å². The van der Waals surface area contributed by atoms with Crippen LogP contribution in [-0.2, 0) is 16.6 Å². The number of rotatable bonds is 8. The van der Waals surface area contributed by atoms with Gasteiger partial charge < -0.3 is 10.6 Å². The topological polar surface area (TPSA) is 104 Å². The van der Waals surface area contributed by atoms with Gasteiger partial charge >= 0.3 is 0 Å². The molecule has 8 heteroatoms. The zero-order valence-corrected chi connectivity index (χ0v) is 13.4. The fourth-order valence-electron chi connectivity index (χ4n) is 2.13. The summed E-state index contributed by atoms with van der Waals surface area (Å²) in [6.07, 6.45) is 2.21. The fraction of sp³-hybridized carbons (Fsp3) is 0.750. The molecule has 0 saturated heterocycles. The molecule has 1 heterocycles. The van der Waals surface area contributed by atoms with Gasteiger partial charge in [-0.25, -0.2) is 13.1 Å². The number of aromatic nitrogens is 2. The van der Waals surface area contributed by atoms with E-state index in [1.165, 1.54) is 6.20 Å². The van der Waals surface area contributed by atoms with Crippen LogP contribution < -0.4 is 10.5 Å². The van der Waals surface area contributed by atoms with Gasteiger partial charge in [0.2, 0.25) is 0 Å². The van der Waals surface area contributed by atoms with Gasteiger partial charge in [0.1, 0.15) is 0 Å². The Kier molecular flexibility index (Phi) is 6.12. The van der Waals surface area contributed by atoms with Crippen LogP contribution >= 0.6 is 0 Å². The standard InChI is InChI=1S/C12H25N5O2S/c1-9(2)5-11(8-17(3)4)16-20(18,19)12-10(6-13)7-14-15-12/h7,9,11,16H,5-6,8,13H2,1-4H3,(H,14,15). The second kappa shape index (κ2) is 7.16. The van der Waals surface area contributed by atoms with Crippen LogP contribution in [0.2, 0.25) is 0 Å². The number of sulfonamides is 1. The van der Waals surface area contributed by atoms with Gasteiger partial charge in [-0.15, -0.1) is 0 Å². The van der Waals surface area contributed by atoms with Gasteiger partial charge in [0.05, 0.1) is 6.20 Å². The second-order valence-electron chi connectivity index (χ2n) is 5.64. The smallest absolute Gasteiger partial charge is 0.258 e. The quantitative estimate of drug-likeness (QED) is 0.633. The van der Waals surface area contributed by atoms with Gasteiger partial charge in [-0.05, 0) is 26.4 Å². The predicted octanol–water partition coefficient (Wildman–Crippen LogP) is 0.123. The first kappa shape index (κ1) is 17.1. The molecule has 0 amide bonds. The van der Waals surface area contributed by atoms with Crippen LogP contribution in [0.15, 0.2) is 11.2 Å². The SMILES string of the molecule is CC(C)CC(CN(C)C)NS(=O)(=O)c1[nH]ncc1CN. The van der Waals surface area contributed by atoms with Crippen molar-refractivity contribution >= 4 is 10.0 Å². The lowest BCUT2D eigenvalue weighted by Gasteiger charge is -2.23. The molecule has 20 heavy (non-hydrogen) atoms. The Morgan fingerprint density at radius 1 is 1.45 bits per heavy atom. The molecule has 0 aliphatic carbocycles. The van der Waals surface area contributed by atoms with Crippen LogP contribution in [0, 0.1) is 5.92 Å². The molecule has 0 fully saturated rings. The van der Waals surface area contributed by atoms with Crippen LogP contribution in [0.4, 0.5) is 0 Å². The highest BCUT2D eigenvalue weighted by Crippen LogP contribution is 2.14. The van der Waals surface area contributed by atoms with E-state index >= 15 is 0 Å². The van der Waals surface area contributed by atoms with Crippen LogP contribution in [0.25, 0.3) is 0 Å². The van der Waals surface area contributed by atoms with Crippen molar-refractivity contribution in [1.29, 1.82) is 0 Å². The Bertz CT molecular complexity index is 500. The average molecular weight is 303 g/mol. The van der Waals surface area contributed by atoms with Gasteiger partial charge in [-0.2, -0.15) is 5.10 Å². The van der Waals surface area contributed by atoms with Crippen LogP contribution in [0.3, 0.4) is 0 Å². The van der Waals surface area contributed by atoms with Gasteiger partial charge in [0.25, 0.3) is 10.0 Å². The normalized spacial score (nSPS) is 14.2. The predicted molar refractivity (Wildman–Crippen MR) is 78.6 cm³/mol. The highest BCUT2D eigenvalue weighted by molar-refractivity contribution is 7.89. The lowest BCUT2D eigenvalue weighted by Crippen LogP contribution is -2.42. The van der Waals surface area contributed by atoms with E-state index in [1.54, 1.807) is 0 Å². The van der Waals surface area contributed by atoms with E-state index in [0.717, 1.165) is 6.42 Å². The third-order valence-corrected chi connectivity index (χ3v) is 4.36. The molecule has 1 atom stereocenters. The Morgan fingerprint density at radius 3 is 2.60 bits per heavy atom. The number of nitrogens with one attached hydrogen (secondary N) is 2. The number of aromatic amines is 1. The molecule has 0 spiro atoms. The van der Waals surface area contributed by atoms with Crippen molar-refractivity contribution in [2.24, 2.45) is 11.7 Å². The molecular formula is C12H25N5O2S. The van der Waals surface area contributed by atoms with E-state index in [1.807, 2.05) is 19.0 Å². The lowest BCUT2D eigenvalue weighted by atomic mass is 10.0. The Labute approximate surface area is 121 Å². The molecule has 1 aromatic rings. The first-order valence-corrected chi connectivity index (χ1v) is 8.14. The van der Waals surface area contributed by atoms with Gasteiger partial charge in [0.15, 0.2) is 5.03 Å². The summed E-state index contributed by atoms with van der Waals surface area (Å²) in [6.45, 7) is 4.91. The minimum atomic E-state index is -3.62. The monoisotopic (exact) mass is 303 g/mol. The number of nitrogens with two attached hydrogens (primary N) is 1. The van der Waals surface area contributed by atoms with Crippen molar-refractivity contribution in [3.05, 3.63) is 11.8 Å². The number of nitrogens with zero attached hydrogens (tertiary/aromatic N) is 2. The molecule has 0 aliphatic rings. The number of H-pyrrole nitrogens is 1. The zero-order valence-electron chi connectivity index (χ0n) is 12.5. The molecule has 1 rings (SSSR count). The average Bonchev–Trinajstić information content (AvgIpc) is 2.74. The Morgan fingerprint density at radius 2 is 2.10 bits per heavy atom. The lowest BCUT2D eigenvalue weighted by molar-refractivity contribution is 0.329. The van der Waals surface area contributed by atoms with Crippen molar-refractivity contribution in [3.8, 4) is 0 Å². The summed E-state index contributed by atoms with van der Waals surface area (Å²) in [5.74, 6) is 0.401. The molecule has 4 N–H and O–H groups in total. The molecule has 1 unspecified atom stereocenters. The van der Waals surface area contributed by atoms with E-state index in [9.17, 15) is 8.42 Å². The molecule has 0 bridgehead atoms. The highest BCUT2D eigenvalue weighted by Gasteiger charge is 2.25.